The zero-order valence-corrected chi connectivity index (χ0v) is 19.7. The molecular formula is C25H36FNO6. The molecule has 0 bridgehead atoms. The van der Waals surface area contributed by atoms with Gasteiger partial charge in [-0.3, -0.25) is 14.4 Å². The average molecular weight is 466 g/mol. The minimum absolute atomic E-state index is 0.0135. The smallest absolute Gasteiger partial charge is 0.320 e. The molecule has 184 valence electrons. The van der Waals surface area contributed by atoms with Gasteiger partial charge in [-0.25, -0.2) is 4.39 Å². The highest BCUT2D eigenvalue weighted by Crippen LogP contribution is 2.62. The predicted octanol–water partition coefficient (Wildman–Crippen LogP) is 2.04. The quantitative estimate of drug-likeness (QED) is 0.468. The first kappa shape index (κ1) is 25.7. The van der Waals surface area contributed by atoms with Gasteiger partial charge in [0, 0.05) is 10.8 Å². The number of carbonyl (C=O) groups excluding carboxylic acids is 3. The first-order chi connectivity index (χ1) is 15.4. The van der Waals surface area contributed by atoms with Crippen molar-refractivity contribution in [2.45, 2.75) is 64.6 Å². The van der Waals surface area contributed by atoms with Gasteiger partial charge in [-0.1, -0.05) is 25.5 Å². The Morgan fingerprint density at radius 1 is 1.30 bits per heavy atom. The molecule has 0 amide bonds. The summed E-state index contributed by atoms with van der Waals surface area (Å²) in [5, 5.41) is 22.4. The van der Waals surface area contributed by atoms with Crippen LogP contribution in [0.3, 0.4) is 0 Å². The molecule has 8 heteroatoms. The maximum Gasteiger partial charge on any atom is 0.320 e. The van der Waals surface area contributed by atoms with Crippen LogP contribution in [0.1, 0.15) is 52.9 Å². The normalized spacial score (nSPS) is 40.3. The molecule has 0 unspecified atom stereocenters. The number of allylic oxidation sites excluding steroid dienone is 4. The number of fused-ring (bicyclic) bond motifs is 1. The summed E-state index contributed by atoms with van der Waals surface area (Å²) in [5.41, 5.74) is 2.49. The number of alkyl halides is 1. The summed E-state index contributed by atoms with van der Waals surface area (Å²) in [6, 6.07) is 0. The van der Waals surface area contributed by atoms with Gasteiger partial charge in [0.15, 0.2) is 12.4 Å². The van der Waals surface area contributed by atoms with E-state index in [2.05, 4.69) is 0 Å². The van der Waals surface area contributed by atoms with Crippen molar-refractivity contribution >= 4 is 17.5 Å². The van der Waals surface area contributed by atoms with Crippen molar-refractivity contribution < 1.29 is 33.7 Å². The van der Waals surface area contributed by atoms with Crippen molar-refractivity contribution in [1.82, 2.24) is 0 Å². The highest BCUT2D eigenvalue weighted by Gasteiger charge is 2.67. The van der Waals surface area contributed by atoms with E-state index in [1.165, 1.54) is 12.2 Å². The van der Waals surface area contributed by atoms with Gasteiger partial charge in [0.2, 0.25) is 5.78 Å². The predicted molar refractivity (Wildman–Crippen MR) is 120 cm³/mol. The van der Waals surface area contributed by atoms with Crippen LogP contribution in [0.25, 0.3) is 0 Å². The van der Waals surface area contributed by atoms with E-state index >= 15 is 0 Å². The molecule has 0 heterocycles. The third-order valence-corrected chi connectivity index (χ3v) is 8.50. The summed E-state index contributed by atoms with van der Waals surface area (Å²) in [4.78, 5) is 36.4. The summed E-state index contributed by atoms with van der Waals surface area (Å²) in [6.45, 7) is 3.88. The van der Waals surface area contributed by atoms with E-state index in [0.29, 0.717) is 25.7 Å². The van der Waals surface area contributed by atoms with E-state index in [1.54, 1.807) is 13.0 Å². The van der Waals surface area contributed by atoms with Crippen molar-refractivity contribution in [3.05, 3.63) is 23.8 Å². The van der Waals surface area contributed by atoms with Gasteiger partial charge < -0.3 is 20.7 Å². The lowest BCUT2D eigenvalue weighted by atomic mass is 9.57. The number of carbonyl (C=O) groups is 3. The first-order valence-electron chi connectivity index (χ1n) is 11.7. The van der Waals surface area contributed by atoms with Crippen LogP contribution in [0, 0.1) is 28.6 Å². The molecule has 3 aliphatic carbocycles. The number of esters is 1. The third-order valence-electron chi connectivity index (χ3n) is 8.50. The zero-order chi connectivity index (χ0) is 24.6. The number of hydrogen-bond donors (Lipinski definition) is 3. The van der Waals surface area contributed by atoms with Crippen LogP contribution < -0.4 is 5.73 Å². The fraction of sp³-hybridized carbons (Fsp3) is 0.720. The number of nitrogens with two attached hydrogens (primary N) is 1. The molecule has 7 atom stereocenters. The molecule has 0 aromatic heterocycles. The van der Waals surface area contributed by atoms with Crippen molar-refractivity contribution in [1.29, 1.82) is 0 Å². The molecule has 0 spiro atoms. The Labute approximate surface area is 194 Å². The molecule has 0 aromatic carbocycles. The van der Waals surface area contributed by atoms with E-state index < -0.39 is 47.6 Å². The Balaban J connectivity index is 1.81. The SMILES string of the molecule is C[C@H]1C[C@H]2[C@H](CCC3=CC(=O)C=C[C@]3(C)CF)C[C@@H](O)C[C@]2(C)[C@@]1(O)C(=O)COC(=O)CN. The molecule has 3 rings (SSSR count). The molecule has 0 radical (unpaired) electrons. The Kier molecular flexibility index (Phi) is 7.32. The van der Waals surface area contributed by atoms with Gasteiger partial charge in [-0.15, -0.1) is 0 Å². The zero-order valence-electron chi connectivity index (χ0n) is 19.7. The second-order valence-electron chi connectivity index (χ2n) is 10.6. The van der Waals surface area contributed by atoms with E-state index in [0.717, 1.165) is 5.57 Å². The van der Waals surface area contributed by atoms with Crippen molar-refractivity contribution in [3.8, 4) is 0 Å². The lowest BCUT2D eigenvalue weighted by Crippen LogP contribution is -2.59. The molecule has 3 aliphatic rings. The van der Waals surface area contributed by atoms with Gasteiger partial charge in [-0.2, -0.15) is 0 Å². The van der Waals surface area contributed by atoms with Crippen molar-refractivity contribution in [3.63, 3.8) is 0 Å². The number of aliphatic hydroxyl groups excluding tert-OH is 1. The molecule has 0 saturated heterocycles. The molecule has 2 fully saturated rings. The molecule has 33 heavy (non-hydrogen) atoms. The third kappa shape index (κ3) is 4.45. The summed E-state index contributed by atoms with van der Waals surface area (Å²) < 4.78 is 18.7. The number of halogens is 1. The fourth-order valence-electron chi connectivity index (χ4n) is 6.58. The summed E-state index contributed by atoms with van der Waals surface area (Å²) in [7, 11) is 0. The number of ketones is 2. The number of aliphatic hydroxyl groups is 2. The van der Waals surface area contributed by atoms with Gasteiger partial charge in [0.25, 0.3) is 0 Å². The molecule has 2 saturated carbocycles. The highest BCUT2D eigenvalue weighted by atomic mass is 19.1. The van der Waals surface area contributed by atoms with Crippen molar-refractivity contribution in [2.75, 3.05) is 19.8 Å². The van der Waals surface area contributed by atoms with Gasteiger partial charge in [0.1, 0.15) is 12.3 Å². The number of hydrogen-bond acceptors (Lipinski definition) is 7. The van der Waals surface area contributed by atoms with Crippen LogP contribution in [0.5, 0.6) is 0 Å². The Hall–Kier alpha value is -1.90. The Bertz CT molecular complexity index is 871. The Morgan fingerprint density at radius 2 is 2.00 bits per heavy atom. The maximum absolute atomic E-state index is 13.8. The molecular weight excluding hydrogens is 429 g/mol. The fourth-order valence-corrected chi connectivity index (χ4v) is 6.58. The number of rotatable bonds is 8. The standard InChI is InChI=1S/C25H36FNO6/c1-15-8-20-16(4-5-17-10-18(28)6-7-23(17,2)14-26)9-19(29)11-24(20,3)25(15,32)21(30)13-33-22(31)12-27/h6-7,10,15-16,19-20,29,32H,4-5,8-9,11-14,27H2,1-3H3/t15-,16+,19+,20-,23+,24-,25-/m0/s1. The summed E-state index contributed by atoms with van der Waals surface area (Å²) in [6.07, 6.45) is 6.27. The average Bonchev–Trinajstić information content (AvgIpc) is 2.98. The largest absolute Gasteiger partial charge is 0.457 e. The minimum atomic E-state index is -1.75. The van der Waals surface area contributed by atoms with E-state index in [1.807, 2.05) is 13.8 Å². The van der Waals surface area contributed by atoms with Crippen LogP contribution in [0.15, 0.2) is 23.8 Å². The monoisotopic (exact) mass is 465 g/mol. The highest BCUT2D eigenvalue weighted by molar-refractivity contribution is 6.01. The second kappa shape index (κ2) is 9.39. The molecule has 4 N–H and O–H groups in total. The minimum Gasteiger partial charge on any atom is -0.457 e. The molecule has 7 nitrogen and oxygen atoms in total. The number of Topliss-reactive ketones (excluding diaryl/α,β-unsaturated/α-hetero) is 1. The Morgan fingerprint density at radius 3 is 2.64 bits per heavy atom. The van der Waals surface area contributed by atoms with Crippen LogP contribution in [0.2, 0.25) is 0 Å². The van der Waals surface area contributed by atoms with E-state index in [9.17, 15) is 29.0 Å². The molecule has 0 aromatic rings. The van der Waals surface area contributed by atoms with Crippen LogP contribution >= 0.6 is 0 Å². The van der Waals surface area contributed by atoms with E-state index in [-0.39, 0.29) is 36.5 Å². The van der Waals surface area contributed by atoms with Crippen LogP contribution in [-0.4, -0.2) is 59.3 Å². The van der Waals surface area contributed by atoms with Crippen LogP contribution in [-0.2, 0) is 19.1 Å². The number of ether oxygens (including phenoxy) is 1. The van der Waals surface area contributed by atoms with E-state index in [4.69, 9.17) is 10.5 Å². The topological polar surface area (TPSA) is 127 Å². The first-order valence-corrected chi connectivity index (χ1v) is 11.7. The lowest BCUT2D eigenvalue weighted by molar-refractivity contribution is -0.174. The second-order valence-corrected chi connectivity index (χ2v) is 10.6. The summed E-state index contributed by atoms with van der Waals surface area (Å²) >= 11 is 0. The molecule has 0 aliphatic heterocycles. The van der Waals surface area contributed by atoms with Gasteiger partial charge in [-0.05, 0) is 68.9 Å². The van der Waals surface area contributed by atoms with Gasteiger partial charge >= 0.3 is 5.97 Å². The lowest BCUT2D eigenvalue weighted by Gasteiger charge is -2.50. The van der Waals surface area contributed by atoms with Crippen molar-refractivity contribution in [2.24, 2.45) is 34.3 Å². The summed E-state index contributed by atoms with van der Waals surface area (Å²) in [5.74, 6) is -1.92. The maximum atomic E-state index is 13.8. The van der Waals surface area contributed by atoms with Crippen LogP contribution in [0.4, 0.5) is 4.39 Å². The van der Waals surface area contributed by atoms with Gasteiger partial charge in [0.05, 0.1) is 12.6 Å².